The van der Waals surface area contributed by atoms with Gasteiger partial charge in [0.1, 0.15) is 17.5 Å². The Balaban J connectivity index is 1.75. The Morgan fingerprint density at radius 2 is 1.96 bits per heavy atom. The van der Waals surface area contributed by atoms with Crippen molar-refractivity contribution in [2.24, 2.45) is 5.92 Å². The van der Waals surface area contributed by atoms with Gasteiger partial charge >= 0.3 is 0 Å². The molecule has 0 aliphatic carbocycles. The number of rotatable bonds is 4. The Bertz CT molecular complexity index is 707. The molecule has 7 nitrogen and oxygen atoms in total. The van der Waals surface area contributed by atoms with E-state index in [1.807, 2.05) is 50.5 Å². The molecule has 0 bridgehead atoms. The summed E-state index contributed by atoms with van der Waals surface area (Å²) in [5.74, 6) is 4.19. The Kier molecular flexibility index (Phi) is 4.69. The molecule has 1 aliphatic rings. The van der Waals surface area contributed by atoms with E-state index in [1.165, 1.54) is 6.42 Å². The van der Waals surface area contributed by atoms with E-state index in [2.05, 4.69) is 20.0 Å². The lowest BCUT2D eigenvalue weighted by molar-refractivity contribution is 0.345. The van der Waals surface area contributed by atoms with E-state index in [4.69, 9.17) is 4.98 Å². The summed E-state index contributed by atoms with van der Waals surface area (Å²) in [7, 11) is 4.03. The zero-order valence-electron chi connectivity index (χ0n) is 15.3. The highest BCUT2D eigenvalue weighted by atomic mass is 15.4. The van der Waals surface area contributed by atoms with Gasteiger partial charge in [0.05, 0.1) is 0 Å². The molecule has 1 saturated heterocycles. The van der Waals surface area contributed by atoms with Crippen LogP contribution in [0, 0.1) is 26.7 Å². The molecule has 7 heteroatoms. The predicted molar refractivity (Wildman–Crippen MR) is 95.5 cm³/mol. The van der Waals surface area contributed by atoms with Gasteiger partial charge in [-0.1, -0.05) is 0 Å². The minimum atomic E-state index is 0.547. The summed E-state index contributed by atoms with van der Waals surface area (Å²) in [5, 5.41) is 4.50. The summed E-state index contributed by atoms with van der Waals surface area (Å²) in [5.41, 5.74) is 1.01. The molecule has 1 atom stereocenters. The van der Waals surface area contributed by atoms with E-state index in [-0.39, 0.29) is 0 Å². The summed E-state index contributed by atoms with van der Waals surface area (Å²) in [4.78, 5) is 18.1. The van der Waals surface area contributed by atoms with Gasteiger partial charge in [0.15, 0.2) is 0 Å². The van der Waals surface area contributed by atoms with Crippen molar-refractivity contribution in [3.8, 4) is 0 Å². The van der Waals surface area contributed by atoms with E-state index in [1.54, 1.807) is 0 Å². The standard InChI is InChI=1S/C17H27N7/c1-12-9-16(22(4)5)20-17(18-12)23-8-6-7-15(10-23)11-24-14(3)19-13(2)21-24/h9,15H,6-8,10-11H2,1-5H3. The molecule has 0 radical (unpaired) electrons. The van der Waals surface area contributed by atoms with Gasteiger partial charge in [-0.15, -0.1) is 0 Å². The molecule has 24 heavy (non-hydrogen) atoms. The minimum Gasteiger partial charge on any atom is -0.363 e. The fourth-order valence-electron chi connectivity index (χ4n) is 3.28. The molecule has 0 saturated carbocycles. The SMILES string of the molecule is Cc1cc(N(C)C)nc(N2CCCC(Cn3nc(C)nc3C)C2)n1. The number of piperidine rings is 1. The highest BCUT2D eigenvalue weighted by molar-refractivity contribution is 5.45. The maximum Gasteiger partial charge on any atom is 0.227 e. The summed E-state index contributed by atoms with van der Waals surface area (Å²) in [6.45, 7) is 8.89. The van der Waals surface area contributed by atoms with Crippen LogP contribution in [-0.4, -0.2) is 51.9 Å². The smallest absolute Gasteiger partial charge is 0.227 e. The third kappa shape index (κ3) is 3.66. The zero-order chi connectivity index (χ0) is 17.3. The van der Waals surface area contributed by atoms with Gasteiger partial charge in [0, 0.05) is 45.5 Å². The molecule has 0 N–H and O–H groups in total. The fraction of sp³-hybridized carbons (Fsp3) is 0.647. The van der Waals surface area contributed by atoms with Crippen LogP contribution in [0.15, 0.2) is 6.07 Å². The molecule has 0 amide bonds. The van der Waals surface area contributed by atoms with Crippen LogP contribution in [0.3, 0.4) is 0 Å². The zero-order valence-corrected chi connectivity index (χ0v) is 15.3. The van der Waals surface area contributed by atoms with Crippen LogP contribution in [0.4, 0.5) is 11.8 Å². The first-order chi connectivity index (χ1) is 11.4. The highest BCUT2D eigenvalue weighted by Gasteiger charge is 2.23. The molecule has 0 aromatic carbocycles. The predicted octanol–water partition coefficient (Wildman–Crippen LogP) is 1.98. The highest BCUT2D eigenvalue weighted by Crippen LogP contribution is 2.23. The van der Waals surface area contributed by atoms with Crippen LogP contribution in [0.1, 0.15) is 30.2 Å². The largest absolute Gasteiger partial charge is 0.363 e. The molecule has 2 aromatic heterocycles. The molecule has 1 aliphatic heterocycles. The number of aromatic nitrogens is 5. The van der Waals surface area contributed by atoms with E-state index < -0.39 is 0 Å². The maximum absolute atomic E-state index is 4.73. The third-order valence-electron chi connectivity index (χ3n) is 4.48. The fourth-order valence-corrected chi connectivity index (χ4v) is 3.28. The number of aryl methyl sites for hydroxylation is 3. The Labute approximate surface area is 143 Å². The van der Waals surface area contributed by atoms with E-state index in [9.17, 15) is 0 Å². The van der Waals surface area contributed by atoms with Crippen molar-refractivity contribution in [1.82, 2.24) is 24.7 Å². The van der Waals surface area contributed by atoms with Gasteiger partial charge < -0.3 is 9.80 Å². The van der Waals surface area contributed by atoms with Crippen molar-refractivity contribution >= 4 is 11.8 Å². The number of nitrogens with zero attached hydrogens (tertiary/aromatic N) is 7. The lowest BCUT2D eigenvalue weighted by Gasteiger charge is -2.33. The van der Waals surface area contributed by atoms with Gasteiger partial charge in [-0.2, -0.15) is 10.1 Å². The molecule has 2 aromatic rings. The lowest BCUT2D eigenvalue weighted by Crippen LogP contribution is -2.38. The first-order valence-electron chi connectivity index (χ1n) is 8.58. The van der Waals surface area contributed by atoms with Gasteiger partial charge in [-0.3, -0.25) is 0 Å². The second-order valence-corrected chi connectivity index (χ2v) is 6.90. The summed E-state index contributed by atoms with van der Waals surface area (Å²) >= 11 is 0. The normalized spacial score (nSPS) is 18.0. The van der Waals surface area contributed by atoms with Gasteiger partial charge in [0.25, 0.3) is 0 Å². The van der Waals surface area contributed by atoms with Crippen molar-refractivity contribution in [3.63, 3.8) is 0 Å². The number of hydrogen-bond donors (Lipinski definition) is 0. The monoisotopic (exact) mass is 329 g/mol. The molecule has 0 spiro atoms. The van der Waals surface area contributed by atoms with E-state index in [0.717, 1.165) is 55.2 Å². The lowest BCUT2D eigenvalue weighted by atomic mass is 9.98. The number of anilines is 2. The van der Waals surface area contributed by atoms with Crippen LogP contribution in [-0.2, 0) is 6.54 Å². The molecule has 3 rings (SSSR count). The van der Waals surface area contributed by atoms with Gasteiger partial charge in [-0.25, -0.2) is 14.6 Å². The molecule has 1 fully saturated rings. The van der Waals surface area contributed by atoms with Crippen molar-refractivity contribution < 1.29 is 0 Å². The Morgan fingerprint density at radius 3 is 2.62 bits per heavy atom. The summed E-state index contributed by atoms with van der Waals surface area (Å²) < 4.78 is 2.03. The second kappa shape index (κ2) is 6.75. The van der Waals surface area contributed by atoms with Crippen molar-refractivity contribution in [3.05, 3.63) is 23.4 Å². The van der Waals surface area contributed by atoms with Crippen LogP contribution >= 0.6 is 0 Å². The van der Waals surface area contributed by atoms with Crippen LogP contribution in [0.5, 0.6) is 0 Å². The van der Waals surface area contributed by atoms with Gasteiger partial charge in [0.2, 0.25) is 5.95 Å². The molecule has 3 heterocycles. The summed E-state index contributed by atoms with van der Waals surface area (Å²) in [6.07, 6.45) is 2.37. The second-order valence-electron chi connectivity index (χ2n) is 6.90. The van der Waals surface area contributed by atoms with Crippen LogP contribution < -0.4 is 9.80 Å². The third-order valence-corrected chi connectivity index (χ3v) is 4.48. The van der Waals surface area contributed by atoms with Crippen molar-refractivity contribution in [1.29, 1.82) is 0 Å². The van der Waals surface area contributed by atoms with E-state index >= 15 is 0 Å². The first kappa shape index (κ1) is 16.7. The molecular formula is C17H27N7. The van der Waals surface area contributed by atoms with E-state index in [0.29, 0.717) is 5.92 Å². The quantitative estimate of drug-likeness (QED) is 0.855. The molecular weight excluding hydrogens is 302 g/mol. The van der Waals surface area contributed by atoms with Crippen LogP contribution in [0.25, 0.3) is 0 Å². The van der Waals surface area contributed by atoms with Crippen LogP contribution in [0.2, 0.25) is 0 Å². The van der Waals surface area contributed by atoms with Crippen molar-refractivity contribution in [2.45, 2.75) is 40.2 Å². The Morgan fingerprint density at radius 1 is 1.17 bits per heavy atom. The summed E-state index contributed by atoms with van der Waals surface area (Å²) in [6, 6.07) is 2.02. The molecule has 1 unspecified atom stereocenters. The first-order valence-corrected chi connectivity index (χ1v) is 8.58. The average molecular weight is 329 g/mol. The minimum absolute atomic E-state index is 0.547. The van der Waals surface area contributed by atoms with Gasteiger partial charge in [-0.05, 0) is 39.5 Å². The topological polar surface area (TPSA) is 63.0 Å². The molecule has 130 valence electrons. The van der Waals surface area contributed by atoms with Crippen molar-refractivity contribution in [2.75, 3.05) is 37.0 Å². The average Bonchev–Trinajstić information content (AvgIpc) is 2.84. The number of hydrogen-bond acceptors (Lipinski definition) is 6. The Hall–Kier alpha value is -2.18. The maximum atomic E-state index is 4.73.